The number of hydrogen-bond acceptors (Lipinski definition) is 4. The number of carbonyl (C=O) groups excluding carboxylic acids is 1. The lowest BCUT2D eigenvalue weighted by atomic mass is 10.2. The van der Waals surface area contributed by atoms with Crippen LogP contribution in [0.15, 0.2) is 66.1 Å². The third-order valence-electron chi connectivity index (χ3n) is 4.58. The Hall–Kier alpha value is -2.64. The van der Waals surface area contributed by atoms with Crippen molar-refractivity contribution < 1.29 is 13.2 Å². The van der Waals surface area contributed by atoms with Crippen molar-refractivity contribution in [1.82, 2.24) is 4.31 Å². The molecule has 0 saturated carbocycles. The molecule has 2 aromatic carbocycles. The highest BCUT2D eigenvalue weighted by molar-refractivity contribution is 7.89. The quantitative estimate of drug-likeness (QED) is 0.744. The van der Waals surface area contributed by atoms with Gasteiger partial charge in [-0.3, -0.25) is 4.79 Å². The summed E-state index contributed by atoms with van der Waals surface area (Å²) in [5.41, 5.74) is 2.85. The molecule has 0 saturated heterocycles. The van der Waals surface area contributed by atoms with Crippen LogP contribution in [0.4, 0.5) is 11.4 Å². The van der Waals surface area contributed by atoms with E-state index in [-0.39, 0.29) is 23.9 Å². The number of nitrogens with one attached hydrogen (secondary N) is 1. The van der Waals surface area contributed by atoms with Crippen LogP contribution in [0.5, 0.6) is 0 Å². The molecule has 1 N–H and O–H groups in total. The first-order valence-corrected chi connectivity index (χ1v) is 10.2. The first-order chi connectivity index (χ1) is 12.9. The Kier molecular flexibility index (Phi) is 5.62. The van der Waals surface area contributed by atoms with Crippen molar-refractivity contribution in [2.75, 3.05) is 36.9 Å². The number of fused-ring (bicyclic) bond motifs is 1. The van der Waals surface area contributed by atoms with Crippen LogP contribution in [0.1, 0.15) is 5.56 Å². The molecule has 1 heterocycles. The zero-order valence-electron chi connectivity index (χ0n) is 15.3. The van der Waals surface area contributed by atoms with Gasteiger partial charge in [-0.15, -0.1) is 6.58 Å². The lowest BCUT2D eigenvalue weighted by Crippen LogP contribution is -2.34. The van der Waals surface area contributed by atoms with Crippen LogP contribution in [-0.2, 0) is 21.2 Å². The molecule has 0 aromatic heterocycles. The number of nitrogens with zero attached hydrogens (tertiary/aromatic N) is 2. The molecule has 1 amide bonds. The van der Waals surface area contributed by atoms with Crippen LogP contribution in [0.2, 0.25) is 0 Å². The van der Waals surface area contributed by atoms with Crippen molar-refractivity contribution >= 4 is 27.3 Å². The van der Waals surface area contributed by atoms with Crippen molar-refractivity contribution in [1.29, 1.82) is 0 Å². The highest BCUT2D eigenvalue weighted by atomic mass is 32.2. The van der Waals surface area contributed by atoms with Crippen LogP contribution in [-0.4, -0.2) is 45.3 Å². The van der Waals surface area contributed by atoms with Gasteiger partial charge in [-0.05, 0) is 42.3 Å². The number of carbonyl (C=O) groups is 1. The molecule has 2 aromatic rings. The summed E-state index contributed by atoms with van der Waals surface area (Å²) < 4.78 is 26.0. The Bertz CT molecular complexity index is 939. The fourth-order valence-corrected chi connectivity index (χ4v) is 4.22. The topological polar surface area (TPSA) is 69.7 Å². The number of rotatable bonds is 7. The second-order valence-corrected chi connectivity index (χ2v) is 8.42. The van der Waals surface area contributed by atoms with Crippen LogP contribution in [0.25, 0.3) is 0 Å². The molecule has 0 fully saturated rings. The third-order valence-corrected chi connectivity index (χ3v) is 6.42. The van der Waals surface area contributed by atoms with Crippen LogP contribution < -0.4 is 10.2 Å². The van der Waals surface area contributed by atoms with Crippen molar-refractivity contribution in [3.63, 3.8) is 0 Å². The number of amides is 1. The molecule has 0 radical (unpaired) electrons. The second kappa shape index (κ2) is 7.94. The van der Waals surface area contributed by atoms with Gasteiger partial charge in [0.15, 0.2) is 0 Å². The molecule has 0 bridgehead atoms. The maximum absolute atomic E-state index is 12.5. The van der Waals surface area contributed by atoms with Crippen LogP contribution >= 0.6 is 0 Å². The Morgan fingerprint density at radius 1 is 1.22 bits per heavy atom. The Morgan fingerprint density at radius 2 is 1.93 bits per heavy atom. The number of anilines is 2. The summed E-state index contributed by atoms with van der Waals surface area (Å²) >= 11 is 0. The monoisotopic (exact) mass is 385 g/mol. The fraction of sp³-hybridized carbons (Fsp3) is 0.250. The highest BCUT2D eigenvalue weighted by Gasteiger charge is 2.24. The van der Waals surface area contributed by atoms with Crippen molar-refractivity contribution in [2.45, 2.75) is 11.3 Å². The van der Waals surface area contributed by atoms with Gasteiger partial charge in [-0.1, -0.05) is 24.3 Å². The Labute approximate surface area is 160 Å². The van der Waals surface area contributed by atoms with Gasteiger partial charge in [0.25, 0.3) is 0 Å². The molecule has 0 atom stereocenters. The first kappa shape index (κ1) is 19.1. The van der Waals surface area contributed by atoms with E-state index in [1.54, 1.807) is 17.0 Å². The Morgan fingerprint density at radius 3 is 2.63 bits per heavy atom. The number of benzene rings is 2. The minimum Gasteiger partial charge on any atom is -0.376 e. The van der Waals surface area contributed by atoms with E-state index in [2.05, 4.69) is 11.9 Å². The van der Waals surface area contributed by atoms with E-state index in [0.717, 1.165) is 12.1 Å². The largest absolute Gasteiger partial charge is 0.376 e. The summed E-state index contributed by atoms with van der Waals surface area (Å²) in [6.45, 7) is 4.64. The average molecular weight is 385 g/mol. The van der Waals surface area contributed by atoms with Gasteiger partial charge in [-0.2, -0.15) is 4.31 Å². The van der Waals surface area contributed by atoms with E-state index in [4.69, 9.17) is 0 Å². The highest BCUT2D eigenvalue weighted by Crippen LogP contribution is 2.27. The first-order valence-electron chi connectivity index (χ1n) is 8.73. The molecular formula is C20H23N3O3S. The standard InChI is InChI=1S/C20H23N3O3S/c1-3-13-22(2)27(25,26)18-10-8-17(9-11-18)21-15-20(24)23-14-12-16-6-4-5-7-19(16)23/h3-11,21H,1,12-15H2,2H3. The van der Waals surface area contributed by atoms with Gasteiger partial charge in [0, 0.05) is 31.5 Å². The smallest absolute Gasteiger partial charge is 0.246 e. The maximum Gasteiger partial charge on any atom is 0.246 e. The normalized spacial score (nSPS) is 13.5. The summed E-state index contributed by atoms with van der Waals surface area (Å²) in [6, 6.07) is 14.3. The third kappa shape index (κ3) is 4.04. The summed E-state index contributed by atoms with van der Waals surface area (Å²) in [5, 5.41) is 3.07. The predicted octanol–water partition coefficient (Wildman–Crippen LogP) is 2.49. The molecular weight excluding hydrogens is 362 g/mol. The van der Waals surface area contributed by atoms with Gasteiger partial charge in [-0.25, -0.2) is 8.42 Å². The summed E-state index contributed by atoms with van der Waals surface area (Å²) in [5.74, 6) is -0.0117. The SMILES string of the molecule is C=CCN(C)S(=O)(=O)c1ccc(NCC(=O)N2CCc3ccccc32)cc1. The van der Waals surface area contributed by atoms with E-state index < -0.39 is 10.0 Å². The number of para-hydroxylation sites is 1. The molecule has 0 unspecified atom stereocenters. The van der Waals surface area contributed by atoms with Gasteiger partial charge in [0.1, 0.15) is 0 Å². The number of sulfonamides is 1. The van der Waals surface area contributed by atoms with E-state index in [1.165, 1.54) is 35.1 Å². The minimum atomic E-state index is -3.54. The fourth-order valence-electron chi connectivity index (χ4n) is 3.08. The van der Waals surface area contributed by atoms with Crippen LogP contribution in [0, 0.1) is 0 Å². The van der Waals surface area contributed by atoms with Crippen LogP contribution in [0.3, 0.4) is 0 Å². The van der Waals surface area contributed by atoms with Gasteiger partial charge < -0.3 is 10.2 Å². The lowest BCUT2D eigenvalue weighted by molar-refractivity contribution is -0.116. The Balaban J connectivity index is 1.63. The molecule has 3 rings (SSSR count). The molecule has 0 spiro atoms. The molecule has 1 aliphatic rings. The lowest BCUT2D eigenvalue weighted by Gasteiger charge is -2.18. The molecule has 27 heavy (non-hydrogen) atoms. The van der Waals surface area contributed by atoms with Crippen molar-refractivity contribution in [3.8, 4) is 0 Å². The average Bonchev–Trinajstić information content (AvgIpc) is 3.11. The summed E-state index contributed by atoms with van der Waals surface area (Å²) in [6.07, 6.45) is 2.41. The maximum atomic E-state index is 12.5. The zero-order valence-corrected chi connectivity index (χ0v) is 16.1. The molecule has 142 valence electrons. The molecule has 6 nitrogen and oxygen atoms in total. The molecule has 7 heteroatoms. The second-order valence-electron chi connectivity index (χ2n) is 6.38. The van der Waals surface area contributed by atoms with Crippen molar-refractivity contribution in [2.24, 2.45) is 0 Å². The van der Waals surface area contributed by atoms with E-state index in [0.29, 0.717) is 12.2 Å². The van der Waals surface area contributed by atoms with E-state index in [9.17, 15) is 13.2 Å². The minimum absolute atomic E-state index is 0.0117. The number of hydrogen-bond donors (Lipinski definition) is 1. The molecule has 0 aliphatic carbocycles. The summed E-state index contributed by atoms with van der Waals surface area (Å²) in [4.78, 5) is 14.5. The van der Waals surface area contributed by atoms with E-state index in [1.807, 2.05) is 24.3 Å². The predicted molar refractivity (Wildman–Crippen MR) is 107 cm³/mol. The van der Waals surface area contributed by atoms with Gasteiger partial charge in [0.2, 0.25) is 15.9 Å². The summed E-state index contributed by atoms with van der Waals surface area (Å²) in [7, 11) is -2.03. The van der Waals surface area contributed by atoms with Gasteiger partial charge >= 0.3 is 0 Å². The molecule has 1 aliphatic heterocycles. The zero-order chi connectivity index (χ0) is 19.4. The van der Waals surface area contributed by atoms with E-state index >= 15 is 0 Å². The number of likely N-dealkylation sites (N-methyl/N-ethyl adjacent to an activating group) is 1. The van der Waals surface area contributed by atoms with Gasteiger partial charge in [0.05, 0.1) is 11.4 Å². The van der Waals surface area contributed by atoms with Crippen molar-refractivity contribution in [3.05, 3.63) is 66.7 Å².